The van der Waals surface area contributed by atoms with Crippen LogP contribution in [0, 0.1) is 6.92 Å². The predicted octanol–water partition coefficient (Wildman–Crippen LogP) is 4.67. The second-order valence-corrected chi connectivity index (χ2v) is 5.92. The van der Waals surface area contributed by atoms with E-state index in [9.17, 15) is 4.79 Å². The molecule has 0 unspecified atom stereocenters. The van der Waals surface area contributed by atoms with Crippen LogP contribution in [0.4, 0.5) is 5.69 Å². The number of anilines is 1. The van der Waals surface area contributed by atoms with Crippen LogP contribution >= 0.6 is 11.8 Å². The van der Waals surface area contributed by atoms with Crippen molar-refractivity contribution in [1.29, 1.82) is 0 Å². The Morgan fingerprint density at radius 1 is 1.19 bits per heavy atom. The molecule has 3 heteroatoms. The van der Waals surface area contributed by atoms with E-state index in [2.05, 4.69) is 30.6 Å². The first-order chi connectivity index (χ1) is 10.2. The summed E-state index contributed by atoms with van der Waals surface area (Å²) in [5.41, 5.74) is 5.11. The van der Waals surface area contributed by atoms with Gasteiger partial charge in [-0.1, -0.05) is 37.3 Å². The summed E-state index contributed by atoms with van der Waals surface area (Å²) in [6, 6.07) is 13.9. The summed E-state index contributed by atoms with van der Waals surface area (Å²) in [6.45, 7) is 4.13. The van der Waals surface area contributed by atoms with Crippen molar-refractivity contribution in [3.63, 3.8) is 0 Å². The minimum absolute atomic E-state index is 0.0399. The van der Waals surface area contributed by atoms with Gasteiger partial charge in [-0.15, -0.1) is 0 Å². The highest BCUT2D eigenvalue weighted by molar-refractivity contribution is 7.97. The van der Waals surface area contributed by atoms with Gasteiger partial charge in [0, 0.05) is 17.0 Å². The quantitative estimate of drug-likeness (QED) is 0.869. The SMILES string of the molecule is CCc1cccc(C)c1NC(=O)c1cccc(CSC)c1. The van der Waals surface area contributed by atoms with E-state index in [-0.39, 0.29) is 5.91 Å². The molecule has 1 amide bonds. The van der Waals surface area contributed by atoms with Gasteiger partial charge in [-0.05, 0) is 48.4 Å². The first kappa shape index (κ1) is 15.6. The summed E-state index contributed by atoms with van der Waals surface area (Å²) >= 11 is 1.76. The Balaban J connectivity index is 2.24. The van der Waals surface area contributed by atoms with Crippen LogP contribution in [-0.4, -0.2) is 12.2 Å². The molecule has 2 aromatic rings. The molecule has 110 valence electrons. The Hall–Kier alpha value is -1.74. The van der Waals surface area contributed by atoms with Gasteiger partial charge in [0.25, 0.3) is 5.91 Å². The van der Waals surface area contributed by atoms with Crippen molar-refractivity contribution < 1.29 is 4.79 Å². The fourth-order valence-corrected chi connectivity index (χ4v) is 2.87. The number of nitrogens with one attached hydrogen (secondary N) is 1. The van der Waals surface area contributed by atoms with Gasteiger partial charge in [0.15, 0.2) is 0 Å². The van der Waals surface area contributed by atoms with E-state index >= 15 is 0 Å². The Bertz CT molecular complexity index is 637. The number of rotatable bonds is 5. The molecule has 21 heavy (non-hydrogen) atoms. The summed E-state index contributed by atoms with van der Waals surface area (Å²) in [5, 5.41) is 3.07. The van der Waals surface area contributed by atoms with Gasteiger partial charge in [-0.2, -0.15) is 11.8 Å². The number of benzene rings is 2. The minimum atomic E-state index is -0.0399. The topological polar surface area (TPSA) is 29.1 Å². The molecule has 0 aliphatic heterocycles. The van der Waals surface area contributed by atoms with E-state index < -0.39 is 0 Å². The van der Waals surface area contributed by atoms with E-state index in [1.54, 1.807) is 11.8 Å². The molecule has 0 aliphatic rings. The maximum Gasteiger partial charge on any atom is 0.255 e. The van der Waals surface area contributed by atoms with Crippen LogP contribution in [0.25, 0.3) is 0 Å². The van der Waals surface area contributed by atoms with Crippen LogP contribution in [0.5, 0.6) is 0 Å². The highest BCUT2D eigenvalue weighted by Gasteiger charge is 2.11. The van der Waals surface area contributed by atoms with Gasteiger partial charge < -0.3 is 5.32 Å². The molecule has 2 aromatic carbocycles. The molecule has 0 bridgehead atoms. The standard InChI is InChI=1S/C18H21NOS/c1-4-15-9-5-7-13(2)17(15)19-18(20)16-10-6-8-14(11-16)12-21-3/h5-11H,4,12H2,1-3H3,(H,19,20). The lowest BCUT2D eigenvalue weighted by Crippen LogP contribution is -2.14. The summed E-state index contributed by atoms with van der Waals surface area (Å²) in [4.78, 5) is 12.5. The number of carbonyl (C=O) groups excluding carboxylic acids is 1. The fraction of sp³-hybridized carbons (Fsp3) is 0.278. The van der Waals surface area contributed by atoms with Crippen molar-refractivity contribution in [1.82, 2.24) is 0 Å². The molecule has 0 atom stereocenters. The molecule has 0 radical (unpaired) electrons. The van der Waals surface area contributed by atoms with E-state index in [1.165, 1.54) is 11.1 Å². The maximum absolute atomic E-state index is 12.5. The third-order valence-corrected chi connectivity index (χ3v) is 4.10. The first-order valence-corrected chi connectivity index (χ1v) is 8.52. The van der Waals surface area contributed by atoms with Crippen LogP contribution in [0.3, 0.4) is 0 Å². The lowest BCUT2D eigenvalue weighted by Gasteiger charge is -2.13. The monoisotopic (exact) mass is 299 g/mol. The molecule has 2 rings (SSSR count). The molecule has 0 spiro atoms. The van der Waals surface area contributed by atoms with Crippen LogP contribution in [-0.2, 0) is 12.2 Å². The lowest BCUT2D eigenvalue weighted by molar-refractivity contribution is 0.102. The number of hydrogen-bond donors (Lipinski definition) is 1. The van der Waals surface area contributed by atoms with Crippen molar-refractivity contribution in [3.8, 4) is 0 Å². The molecule has 2 nitrogen and oxygen atoms in total. The fourth-order valence-electron chi connectivity index (χ4n) is 2.36. The lowest BCUT2D eigenvalue weighted by atomic mass is 10.0. The van der Waals surface area contributed by atoms with Crippen molar-refractivity contribution in [3.05, 3.63) is 64.7 Å². The Labute approximate surface area is 131 Å². The average molecular weight is 299 g/mol. The Morgan fingerprint density at radius 2 is 1.95 bits per heavy atom. The first-order valence-electron chi connectivity index (χ1n) is 7.13. The van der Waals surface area contributed by atoms with Gasteiger partial charge in [-0.3, -0.25) is 4.79 Å². The van der Waals surface area contributed by atoms with Crippen LogP contribution in [0.1, 0.15) is 34.0 Å². The van der Waals surface area contributed by atoms with Crippen molar-refractivity contribution in [2.75, 3.05) is 11.6 Å². The number of carbonyl (C=O) groups is 1. The molecular formula is C18H21NOS. The second kappa shape index (κ2) is 7.32. The van der Waals surface area contributed by atoms with Gasteiger partial charge >= 0.3 is 0 Å². The third kappa shape index (κ3) is 3.88. The van der Waals surface area contributed by atoms with Crippen molar-refractivity contribution >= 4 is 23.4 Å². The predicted molar refractivity (Wildman–Crippen MR) is 92.2 cm³/mol. The number of para-hydroxylation sites is 1. The van der Waals surface area contributed by atoms with Gasteiger partial charge in [-0.25, -0.2) is 0 Å². The minimum Gasteiger partial charge on any atom is -0.321 e. The smallest absolute Gasteiger partial charge is 0.255 e. The zero-order valence-electron chi connectivity index (χ0n) is 12.8. The molecule has 1 N–H and O–H groups in total. The molecule has 0 saturated heterocycles. The molecule has 0 heterocycles. The number of thioether (sulfide) groups is 1. The van der Waals surface area contributed by atoms with Crippen LogP contribution < -0.4 is 5.32 Å². The van der Waals surface area contributed by atoms with E-state index in [1.807, 2.05) is 37.3 Å². The van der Waals surface area contributed by atoms with Crippen molar-refractivity contribution in [2.24, 2.45) is 0 Å². The van der Waals surface area contributed by atoms with Gasteiger partial charge in [0.1, 0.15) is 0 Å². The third-order valence-electron chi connectivity index (χ3n) is 3.48. The van der Waals surface area contributed by atoms with Gasteiger partial charge in [0.2, 0.25) is 0 Å². The normalized spacial score (nSPS) is 10.4. The second-order valence-electron chi connectivity index (χ2n) is 5.05. The zero-order valence-corrected chi connectivity index (χ0v) is 13.6. The van der Waals surface area contributed by atoms with E-state index in [0.29, 0.717) is 5.56 Å². The highest BCUT2D eigenvalue weighted by atomic mass is 32.2. The maximum atomic E-state index is 12.5. The van der Waals surface area contributed by atoms with Gasteiger partial charge in [0.05, 0.1) is 0 Å². The average Bonchev–Trinajstić information content (AvgIpc) is 2.50. The van der Waals surface area contributed by atoms with Crippen LogP contribution in [0.2, 0.25) is 0 Å². The molecule has 0 aromatic heterocycles. The van der Waals surface area contributed by atoms with E-state index in [0.717, 1.165) is 23.4 Å². The highest BCUT2D eigenvalue weighted by Crippen LogP contribution is 2.22. The van der Waals surface area contributed by atoms with Crippen molar-refractivity contribution in [2.45, 2.75) is 26.0 Å². The number of amides is 1. The number of hydrogen-bond acceptors (Lipinski definition) is 2. The molecular weight excluding hydrogens is 278 g/mol. The summed E-state index contributed by atoms with van der Waals surface area (Å²) in [7, 11) is 0. The Kier molecular flexibility index (Phi) is 5.45. The largest absolute Gasteiger partial charge is 0.321 e. The summed E-state index contributed by atoms with van der Waals surface area (Å²) in [5.74, 6) is 0.882. The Morgan fingerprint density at radius 3 is 2.67 bits per heavy atom. The van der Waals surface area contributed by atoms with Crippen LogP contribution in [0.15, 0.2) is 42.5 Å². The number of aryl methyl sites for hydroxylation is 2. The molecule has 0 fully saturated rings. The molecule has 0 saturated carbocycles. The molecule has 0 aliphatic carbocycles. The summed E-state index contributed by atoms with van der Waals surface area (Å²) < 4.78 is 0. The zero-order chi connectivity index (χ0) is 15.2. The van der Waals surface area contributed by atoms with E-state index in [4.69, 9.17) is 0 Å². The summed E-state index contributed by atoms with van der Waals surface area (Å²) in [6.07, 6.45) is 2.97.